The molecule has 0 aromatic carbocycles. The minimum atomic E-state index is -0.268. The molecule has 0 aliphatic rings. The second kappa shape index (κ2) is 3.98. The molecule has 0 aliphatic carbocycles. The van der Waals surface area contributed by atoms with Crippen LogP contribution in [0.3, 0.4) is 0 Å². The fourth-order valence-electron chi connectivity index (χ4n) is 0.163. The van der Waals surface area contributed by atoms with E-state index in [4.69, 9.17) is 22.8 Å². The third kappa shape index (κ3) is 5.81. The number of hydrogen-bond donors (Lipinski definition) is 0. The SMILES string of the molecule is C#CCOC(C)Cl. The number of halogens is 1. The monoisotopic (exact) mass is 118 g/mol. The zero-order valence-electron chi connectivity index (χ0n) is 4.15. The molecule has 0 fully saturated rings. The van der Waals surface area contributed by atoms with Crippen LogP contribution in [0.15, 0.2) is 0 Å². The summed E-state index contributed by atoms with van der Waals surface area (Å²) in [6.45, 7) is 2.02. The van der Waals surface area contributed by atoms with Crippen molar-refractivity contribution in [3.05, 3.63) is 0 Å². The minimum Gasteiger partial charge on any atom is -0.350 e. The summed E-state index contributed by atoms with van der Waals surface area (Å²) in [5.74, 6) is 2.29. The van der Waals surface area contributed by atoms with E-state index in [9.17, 15) is 0 Å². The lowest BCUT2D eigenvalue weighted by atomic mass is 10.7. The first-order valence-electron chi connectivity index (χ1n) is 1.96. The van der Waals surface area contributed by atoms with Crippen LogP contribution in [0, 0.1) is 12.3 Å². The Labute approximate surface area is 48.6 Å². The Bertz CT molecular complexity index is 72.6. The average Bonchev–Trinajstić information content (AvgIpc) is 1.61. The van der Waals surface area contributed by atoms with Crippen molar-refractivity contribution in [2.24, 2.45) is 0 Å². The molecule has 0 amide bonds. The zero-order valence-corrected chi connectivity index (χ0v) is 4.90. The number of ether oxygens (including phenoxy) is 1. The average molecular weight is 119 g/mol. The van der Waals surface area contributed by atoms with Gasteiger partial charge in [0.1, 0.15) is 12.2 Å². The molecule has 0 spiro atoms. The van der Waals surface area contributed by atoms with Crippen LogP contribution in [0.4, 0.5) is 0 Å². The van der Waals surface area contributed by atoms with Crippen molar-refractivity contribution in [2.45, 2.75) is 12.5 Å². The Balaban J connectivity index is 2.86. The van der Waals surface area contributed by atoms with Gasteiger partial charge in [-0.3, -0.25) is 0 Å². The Morgan fingerprint density at radius 2 is 2.57 bits per heavy atom. The van der Waals surface area contributed by atoms with Crippen LogP contribution in [-0.2, 0) is 4.74 Å². The standard InChI is InChI=1S/C5H7ClO/c1-3-4-7-5(2)6/h1,5H,4H2,2H3. The van der Waals surface area contributed by atoms with Crippen molar-refractivity contribution in [2.75, 3.05) is 6.61 Å². The van der Waals surface area contributed by atoms with Crippen LogP contribution in [0.5, 0.6) is 0 Å². The van der Waals surface area contributed by atoms with E-state index in [-0.39, 0.29) is 5.56 Å². The molecular formula is C5H7ClO. The van der Waals surface area contributed by atoms with Crippen LogP contribution in [0.2, 0.25) is 0 Å². The predicted molar refractivity (Wildman–Crippen MR) is 30.1 cm³/mol. The maximum absolute atomic E-state index is 5.34. The van der Waals surface area contributed by atoms with Crippen LogP contribution in [-0.4, -0.2) is 12.2 Å². The number of terminal acetylenes is 1. The van der Waals surface area contributed by atoms with E-state index in [0.717, 1.165) is 0 Å². The van der Waals surface area contributed by atoms with Gasteiger partial charge in [0.15, 0.2) is 0 Å². The Morgan fingerprint density at radius 3 is 2.71 bits per heavy atom. The highest BCUT2D eigenvalue weighted by Crippen LogP contribution is 1.92. The second-order valence-corrected chi connectivity index (χ2v) is 1.67. The highest BCUT2D eigenvalue weighted by molar-refractivity contribution is 6.19. The summed E-state index contributed by atoms with van der Waals surface area (Å²) in [6, 6.07) is 0. The Hall–Kier alpha value is -0.190. The lowest BCUT2D eigenvalue weighted by Crippen LogP contribution is -1.97. The molecule has 0 heterocycles. The zero-order chi connectivity index (χ0) is 5.70. The summed E-state index contributed by atoms with van der Waals surface area (Å²) in [5, 5.41) is 0. The molecule has 0 saturated carbocycles. The van der Waals surface area contributed by atoms with Crippen LogP contribution >= 0.6 is 11.6 Å². The van der Waals surface area contributed by atoms with Gasteiger partial charge in [-0.1, -0.05) is 17.5 Å². The van der Waals surface area contributed by atoms with Crippen LogP contribution in [0.1, 0.15) is 6.92 Å². The van der Waals surface area contributed by atoms with Gasteiger partial charge in [-0.2, -0.15) is 0 Å². The molecule has 0 N–H and O–H groups in total. The summed E-state index contributed by atoms with van der Waals surface area (Å²) in [7, 11) is 0. The summed E-state index contributed by atoms with van der Waals surface area (Å²) < 4.78 is 4.72. The summed E-state index contributed by atoms with van der Waals surface area (Å²) in [6.07, 6.45) is 4.84. The topological polar surface area (TPSA) is 9.23 Å². The summed E-state index contributed by atoms with van der Waals surface area (Å²) >= 11 is 5.34. The molecule has 0 aliphatic heterocycles. The van der Waals surface area contributed by atoms with Crippen molar-refractivity contribution < 1.29 is 4.74 Å². The first kappa shape index (κ1) is 6.81. The first-order chi connectivity index (χ1) is 3.27. The summed E-state index contributed by atoms with van der Waals surface area (Å²) in [5.41, 5.74) is -0.268. The fourth-order valence-corrected chi connectivity index (χ4v) is 0.226. The highest BCUT2D eigenvalue weighted by atomic mass is 35.5. The summed E-state index contributed by atoms with van der Waals surface area (Å²) in [4.78, 5) is 0. The van der Waals surface area contributed by atoms with Gasteiger partial charge in [-0.15, -0.1) is 6.42 Å². The van der Waals surface area contributed by atoms with Gasteiger partial charge in [-0.25, -0.2) is 0 Å². The Morgan fingerprint density at radius 1 is 2.00 bits per heavy atom. The van der Waals surface area contributed by atoms with Crippen molar-refractivity contribution in [3.8, 4) is 12.3 Å². The van der Waals surface area contributed by atoms with Crippen molar-refractivity contribution >= 4 is 11.6 Å². The van der Waals surface area contributed by atoms with Gasteiger partial charge >= 0.3 is 0 Å². The molecule has 2 heteroatoms. The number of hydrogen-bond acceptors (Lipinski definition) is 1. The van der Waals surface area contributed by atoms with Gasteiger partial charge < -0.3 is 4.74 Å². The molecule has 0 aromatic rings. The van der Waals surface area contributed by atoms with Gasteiger partial charge in [0.2, 0.25) is 0 Å². The maximum atomic E-state index is 5.34. The van der Waals surface area contributed by atoms with E-state index in [1.165, 1.54) is 0 Å². The highest BCUT2D eigenvalue weighted by Gasteiger charge is 1.88. The lowest BCUT2D eigenvalue weighted by molar-refractivity contribution is 0.151. The molecule has 7 heavy (non-hydrogen) atoms. The van der Waals surface area contributed by atoms with E-state index < -0.39 is 0 Å². The van der Waals surface area contributed by atoms with Crippen LogP contribution < -0.4 is 0 Å². The molecule has 0 rings (SSSR count). The van der Waals surface area contributed by atoms with E-state index >= 15 is 0 Å². The van der Waals surface area contributed by atoms with E-state index in [2.05, 4.69) is 5.92 Å². The lowest BCUT2D eigenvalue weighted by Gasteiger charge is -1.97. The molecule has 40 valence electrons. The normalized spacial score (nSPS) is 12.7. The molecule has 0 saturated heterocycles. The number of alkyl halides is 1. The largest absolute Gasteiger partial charge is 0.350 e. The second-order valence-electron chi connectivity index (χ2n) is 1.06. The first-order valence-corrected chi connectivity index (χ1v) is 2.40. The molecule has 1 atom stereocenters. The van der Waals surface area contributed by atoms with Gasteiger partial charge in [0.25, 0.3) is 0 Å². The van der Waals surface area contributed by atoms with Crippen molar-refractivity contribution in [1.29, 1.82) is 0 Å². The van der Waals surface area contributed by atoms with Crippen molar-refractivity contribution in [3.63, 3.8) is 0 Å². The Kier molecular flexibility index (Phi) is 3.87. The van der Waals surface area contributed by atoms with Crippen LogP contribution in [0.25, 0.3) is 0 Å². The van der Waals surface area contributed by atoms with Crippen molar-refractivity contribution in [1.82, 2.24) is 0 Å². The van der Waals surface area contributed by atoms with Gasteiger partial charge in [0, 0.05) is 0 Å². The molecule has 1 nitrogen and oxygen atoms in total. The molecule has 1 unspecified atom stereocenters. The minimum absolute atomic E-state index is 0.268. The van der Waals surface area contributed by atoms with E-state index in [1.54, 1.807) is 6.92 Å². The maximum Gasteiger partial charge on any atom is 0.129 e. The third-order valence-electron chi connectivity index (χ3n) is 0.396. The molecule has 0 aromatic heterocycles. The third-order valence-corrected chi connectivity index (χ3v) is 0.522. The van der Waals surface area contributed by atoms with Gasteiger partial charge in [-0.05, 0) is 6.92 Å². The molecular weight excluding hydrogens is 112 g/mol. The molecule has 0 radical (unpaired) electrons. The molecule has 0 bridgehead atoms. The quantitative estimate of drug-likeness (QED) is 0.391. The van der Waals surface area contributed by atoms with E-state index in [1.807, 2.05) is 0 Å². The number of rotatable bonds is 2. The predicted octanol–water partition coefficient (Wildman–Crippen LogP) is 1.22. The fraction of sp³-hybridized carbons (Fsp3) is 0.600. The smallest absolute Gasteiger partial charge is 0.129 e. The van der Waals surface area contributed by atoms with E-state index in [0.29, 0.717) is 6.61 Å². The van der Waals surface area contributed by atoms with Gasteiger partial charge in [0.05, 0.1) is 0 Å².